The maximum atomic E-state index is 13.4. The van der Waals surface area contributed by atoms with Gasteiger partial charge in [-0.15, -0.1) is 0 Å². The van der Waals surface area contributed by atoms with Crippen molar-refractivity contribution in [2.75, 3.05) is 30.8 Å². The summed E-state index contributed by atoms with van der Waals surface area (Å²) in [6, 6.07) is 11.9. The Kier molecular flexibility index (Phi) is 10.8. The minimum atomic E-state index is -0.989. The average Bonchev–Trinajstić information content (AvgIpc) is 3.93. The van der Waals surface area contributed by atoms with E-state index in [1.165, 1.54) is 0 Å². The number of fused-ring (bicyclic) bond motifs is 3. The summed E-state index contributed by atoms with van der Waals surface area (Å²) >= 11 is 6.75. The number of nitrogens with zero attached hydrogens (tertiary/aromatic N) is 5. The van der Waals surface area contributed by atoms with Crippen molar-refractivity contribution in [3.63, 3.8) is 0 Å². The molecule has 0 spiro atoms. The normalized spacial score (nSPS) is 18.5. The van der Waals surface area contributed by atoms with Gasteiger partial charge < -0.3 is 15.6 Å². The van der Waals surface area contributed by atoms with E-state index < -0.39 is 29.7 Å². The number of hydrogen-bond donors (Lipinski definition) is 4. The molecule has 3 aromatic heterocycles. The molecule has 296 valence electrons. The van der Waals surface area contributed by atoms with E-state index in [1.54, 1.807) is 24.4 Å². The topological polar surface area (TPSA) is 174 Å². The monoisotopic (exact) mass is 791 g/mol. The molecule has 57 heavy (non-hydrogen) atoms. The third kappa shape index (κ3) is 7.51. The van der Waals surface area contributed by atoms with E-state index in [0.717, 1.165) is 103 Å². The van der Waals surface area contributed by atoms with Gasteiger partial charge in [-0.25, -0.2) is 4.98 Å². The van der Waals surface area contributed by atoms with Crippen LogP contribution in [0.2, 0.25) is 5.02 Å². The first-order valence-electron chi connectivity index (χ1n) is 19.8. The molecule has 0 radical (unpaired) electrons. The molecule has 5 amide bonds. The number of imide groups is 2. The number of carbonyl (C=O) groups excluding carboxylic acids is 5. The number of amides is 5. The van der Waals surface area contributed by atoms with Gasteiger partial charge in [-0.05, 0) is 76.9 Å². The molecule has 1 unspecified atom stereocenters. The number of halogens is 1. The molecule has 15 heteroatoms. The SMILES string of the molecule is Cc1nn(CCCCCCCCNc2cccc3c2C(=O)N(C2CCC(=O)NC2=O)C3=O)c2cc(C(=O)Nc3cc4[nH]c([C@H]5CCCN5C)c(Cl)c4cn3)ccc12. The summed E-state index contributed by atoms with van der Waals surface area (Å²) in [4.78, 5) is 75.1. The first-order valence-corrected chi connectivity index (χ1v) is 20.2. The van der Waals surface area contributed by atoms with Crippen LogP contribution in [0.5, 0.6) is 0 Å². The van der Waals surface area contributed by atoms with Crippen molar-refractivity contribution in [2.24, 2.45) is 0 Å². The Balaban J connectivity index is 0.800. The maximum absolute atomic E-state index is 13.4. The molecule has 0 aliphatic carbocycles. The molecule has 0 saturated carbocycles. The number of carbonyl (C=O) groups is 5. The summed E-state index contributed by atoms with van der Waals surface area (Å²) in [6.45, 7) is 4.39. The largest absolute Gasteiger partial charge is 0.384 e. The number of nitrogens with one attached hydrogen (secondary N) is 4. The Morgan fingerprint density at radius 1 is 0.947 bits per heavy atom. The molecule has 3 aliphatic heterocycles. The van der Waals surface area contributed by atoms with Crippen LogP contribution in [0, 0.1) is 6.92 Å². The first-order chi connectivity index (χ1) is 27.6. The second-order valence-electron chi connectivity index (χ2n) is 15.3. The van der Waals surface area contributed by atoms with E-state index >= 15 is 0 Å². The molecule has 3 aliphatic rings. The van der Waals surface area contributed by atoms with Gasteiger partial charge in [0.2, 0.25) is 11.8 Å². The molecule has 8 rings (SSSR count). The second-order valence-corrected chi connectivity index (χ2v) is 15.7. The van der Waals surface area contributed by atoms with Crippen LogP contribution in [0.4, 0.5) is 11.5 Å². The lowest BCUT2D eigenvalue weighted by Gasteiger charge is -2.27. The second kappa shape index (κ2) is 16.1. The lowest BCUT2D eigenvalue weighted by molar-refractivity contribution is -0.136. The van der Waals surface area contributed by atoms with Gasteiger partial charge in [0, 0.05) is 53.8 Å². The molecule has 14 nitrogen and oxygen atoms in total. The number of aryl methyl sites for hydroxylation is 2. The highest BCUT2D eigenvalue weighted by Crippen LogP contribution is 2.38. The summed E-state index contributed by atoms with van der Waals surface area (Å²) in [7, 11) is 2.11. The fourth-order valence-electron chi connectivity index (χ4n) is 8.47. The zero-order valence-corrected chi connectivity index (χ0v) is 32.9. The summed E-state index contributed by atoms with van der Waals surface area (Å²) in [6.07, 6.45) is 10.1. The van der Waals surface area contributed by atoms with Crippen LogP contribution >= 0.6 is 11.6 Å². The van der Waals surface area contributed by atoms with Crippen molar-refractivity contribution in [1.82, 2.24) is 34.9 Å². The standard InChI is InChI=1S/C42H46ClN9O5/c1-24-26-15-14-25(39(54)47-34-22-30-28(23-45-34)37(43)38(46-30)31-13-10-19-50(31)2)21-33(26)51(49-24)20-8-6-4-3-5-7-18-44-29-12-9-11-27-36(29)42(57)52(41(27)56)32-16-17-35(53)48-40(32)55/h9,11-12,14-15,21-23,31-32,44,46H,3-8,10,13,16-20H2,1-2H3,(H,45,47,54)(H,48,53,55)/t31-,32?/m1/s1. The number of unbranched alkanes of at least 4 members (excludes halogenated alkanes) is 5. The lowest BCUT2D eigenvalue weighted by Crippen LogP contribution is -2.54. The highest BCUT2D eigenvalue weighted by atomic mass is 35.5. The van der Waals surface area contributed by atoms with Gasteiger partial charge in [0.15, 0.2) is 0 Å². The Hall–Kier alpha value is -5.60. The quantitative estimate of drug-likeness (QED) is 0.0701. The van der Waals surface area contributed by atoms with Gasteiger partial charge in [0.05, 0.1) is 44.6 Å². The van der Waals surface area contributed by atoms with Crippen LogP contribution in [0.1, 0.15) is 113 Å². The Labute approximate surface area is 334 Å². The zero-order valence-electron chi connectivity index (χ0n) is 32.1. The number of anilines is 2. The van der Waals surface area contributed by atoms with E-state index in [4.69, 9.17) is 16.7 Å². The molecular weight excluding hydrogens is 746 g/mol. The van der Waals surface area contributed by atoms with Gasteiger partial charge in [-0.2, -0.15) is 5.10 Å². The number of piperidine rings is 1. The molecule has 2 atom stereocenters. The first kappa shape index (κ1) is 38.3. The van der Waals surface area contributed by atoms with E-state index in [2.05, 4.69) is 37.9 Å². The van der Waals surface area contributed by atoms with Crippen LogP contribution in [0.3, 0.4) is 0 Å². The highest BCUT2D eigenvalue weighted by Gasteiger charge is 2.45. The van der Waals surface area contributed by atoms with Gasteiger partial charge in [0.1, 0.15) is 11.9 Å². The third-order valence-electron chi connectivity index (χ3n) is 11.5. The van der Waals surface area contributed by atoms with Crippen molar-refractivity contribution in [1.29, 1.82) is 0 Å². The van der Waals surface area contributed by atoms with E-state index in [-0.39, 0.29) is 35.9 Å². The van der Waals surface area contributed by atoms with Gasteiger partial charge in [-0.3, -0.25) is 43.8 Å². The number of benzene rings is 2. The number of H-pyrrole nitrogens is 1. The summed E-state index contributed by atoms with van der Waals surface area (Å²) < 4.78 is 1.99. The molecule has 5 aromatic rings. The van der Waals surface area contributed by atoms with E-state index in [0.29, 0.717) is 28.6 Å². The lowest BCUT2D eigenvalue weighted by atomic mass is 10.0. The van der Waals surface area contributed by atoms with Crippen molar-refractivity contribution in [2.45, 2.75) is 89.8 Å². The van der Waals surface area contributed by atoms with Crippen LogP contribution in [0.25, 0.3) is 21.8 Å². The molecule has 0 bridgehead atoms. The number of rotatable bonds is 14. The van der Waals surface area contributed by atoms with Crippen molar-refractivity contribution in [3.8, 4) is 0 Å². The minimum Gasteiger partial charge on any atom is -0.384 e. The third-order valence-corrected chi connectivity index (χ3v) is 11.9. The van der Waals surface area contributed by atoms with Crippen molar-refractivity contribution < 1.29 is 24.0 Å². The zero-order chi connectivity index (χ0) is 39.8. The molecule has 2 aromatic carbocycles. The Morgan fingerprint density at radius 3 is 2.54 bits per heavy atom. The molecule has 2 saturated heterocycles. The molecule has 4 N–H and O–H groups in total. The Morgan fingerprint density at radius 2 is 1.75 bits per heavy atom. The summed E-state index contributed by atoms with van der Waals surface area (Å²) in [5.41, 5.74) is 5.32. The van der Waals surface area contributed by atoms with Gasteiger partial charge >= 0.3 is 0 Å². The predicted octanol–water partition coefficient (Wildman–Crippen LogP) is 6.75. The van der Waals surface area contributed by atoms with E-state index in [1.807, 2.05) is 35.9 Å². The summed E-state index contributed by atoms with van der Waals surface area (Å²) in [5, 5.41) is 15.8. The van der Waals surface area contributed by atoms with Gasteiger partial charge in [-0.1, -0.05) is 49.4 Å². The Bertz CT molecular complexity index is 2420. The van der Waals surface area contributed by atoms with Crippen LogP contribution in [0.15, 0.2) is 48.7 Å². The smallest absolute Gasteiger partial charge is 0.264 e. The van der Waals surface area contributed by atoms with Crippen LogP contribution in [-0.2, 0) is 16.1 Å². The average molecular weight is 792 g/mol. The number of aromatic nitrogens is 4. The maximum Gasteiger partial charge on any atom is 0.264 e. The summed E-state index contributed by atoms with van der Waals surface area (Å²) in [5.74, 6) is -1.84. The fraction of sp³-hybridized carbons (Fsp3) is 0.405. The van der Waals surface area contributed by atoms with Gasteiger partial charge in [0.25, 0.3) is 17.7 Å². The molecule has 2 fully saturated rings. The van der Waals surface area contributed by atoms with Crippen molar-refractivity contribution in [3.05, 3.63) is 81.8 Å². The van der Waals surface area contributed by atoms with Crippen LogP contribution < -0.4 is 16.0 Å². The van der Waals surface area contributed by atoms with Crippen molar-refractivity contribution >= 4 is 74.4 Å². The minimum absolute atomic E-state index is 0.0816. The van der Waals surface area contributed by atoms with E-state index in [9.17, 15) is 24.0 Å². The van der Waals surface area contributed by atoms with Crippen LogP contribution in [-0.4, -0.2) is 85.3 Å². The molecule has 6 heterocycles. The fourth-order valence-corrected chi connectivity index (χ4v) is 8.79. The number of hydrogen-bond acceptors (Lipinski definition) is 9. The predicted molar refractivity (Wildman–Crippen MR) is 217 cm³/mol. The number of aromatic amines is 1. The number of pyridine rings is 1. The number of likely N-dealkylation sites (tertiary alicyclic amines) is 1. The highest BCUT2D eigenvalue weighted by molar-refractivity contribution is 6.36. The molecular formula is C42H46ClN9O5.